The molecule has 1 aliphatic rings. The number of nitrogens with one attached hydrogen (secondary N) is 2. The van der Waals surface area contributed by atoms with Gasteiger partial charge < -0.3 is 10.6 Å². The van der Waals surface area contributed by atoms with Crippen LogP contribution in [0.1, 0.15) is 32.5 Å². The van der Waals surface area contributed by atoms with E-state index in [4.69, 9.17) is 0 Å². The van der Waals surface area contributed by atoms with Crippen LogP contribution in [-0.4, -0.2) is 5.91 Å². The summed E-state index contributed by atoms with van der Waals surface area (Å²) in [5.41, 5.74) is 2.94. The van der Waals surface area contributed by atoms with E-state index in [1.54, 1.807) is 11.3 Å². The van der Waals surface area contributed by atoms with Crippen molar-refractivity contribution < 1.29 is 4.79 Å². The molecule has 1 aliphatic heterocycles. The SMILES string of the molecule is Cc1sc2c(c1C)C(=O)NC(c1ccccc1)N2. The lowest BCUT2D eigenvalue weighted by Crippen LogP contribution is -2.38. The lowest BCUT2D eigenvalue weighted by Gasteiger charge is -2.26. The van der Waals surface area contributed by atoms with Gasteiger partial charge in [-0.2, -0.15) is 0 Å². The van der Waals surface area contributed by atoms with Crippen LogP contribution in [0.4, 0.5) is 5.00 Å². The zero-order valence-corrected chi connectivity index (χ0v) is 11.1. The van der Waals surface area contributed by atoms with Gasteiger partial charge in [0, 0.05) is 4.88 Å². The van der Waals surface area contributed by atoms with E-state index in [-0.39, 0.29) is 12.1 Å². The summed E-state index contributed by atoms with van der Waals surface area (Å²) in [5.74, 6) is 0.0134. The number of amides is 1. The van der Waals surface area contributed by atoms with Gasteiger partial charge in [-0.3, -0.25) is 4.79 Å². The minimum absolute atomic E-state index is 0.0134. The molecule has 0 fully saturated rings. The number of fused-ring (bicyclic) bond motifs is 1. The average molecular weight is 258 g/mol. The van der Waals surface area contributed by atoms with Crippen LogP contribution >= 0.6 is 11.3 Å². The van der Waals surface area contributed by atoms with E-state index in [1.807, 2.05) is 44.2 Å². The van der Waals surface area contributed by atoms with Crippen LogP contribution in [0.5, 0.6) is 0 Å². The molecule has 3 rings (SSSR count). The molecular formula is C14H14N2OS. The summed E-state index contributed by atoms with van der Waals surface area (Å²) >= 11 is 1.65. The molecule has 0 saturated heterocycles. The van der Waals surface area contributed by atoms with Gasteiger partial charge in [-0.15, -0.1) is 11.3 Å². The molecule has 0 saturated carbocycles. The highest BCUT2D eigenvalue weighted by molar-refractivity contribution is 7.16. The maximum Gasteiger partial charge on any atom is 0.256 e. The van der Waals surface area contributed by atoms with Crippen molar-refractivity contribution >= 4 is 22.2 Å². The number of hydrogen-bond donors (Lipinski definition) is 2. The first kappa shape index (κ1) is 11.3. The summed E-state index contributed by atoms with van der Waals surface area (Å²) < 4.78 is 0. The molecule has 0 aliphatic carbocycles. The monoisotopic (exact) mass is 258 g/mol. The number of thiophene rings is 1. The first-order chi connectivity index (χ1) is 8.66. The molecule has 0 bridgehead atoms. The number of rotatable bonds is 1. The van der Waals surface area contributed by atoms with Crippen LogP contribution in [0.15, 0.2) is 30.3 Å². The third kappa shape index (κ3) is 1.69. The minimum atomic E-state index is -0.136. The Morgan fingerprint density at radius 2 is 1.83 bits per heavy atom. The van der Waals surface area contributed by atoms with Crippen LogP contribution in [0.3, 0.4) is 0 Å². The Morgan fingerprint density at radius 1 is 1.11 bits per heavy atom. The molecule has 92 valence electrons. The van der Waals surface area contributed by atoms with Crippen molar-refractivity contribution in [2.24, 2.45) is 0 Å². The Bertz CT molecular complexity index is 604. The molecule has 2 heterocycles. The normalized spacial score (nSPS) is 17.9. The van der Waals surface area contributed by atoms with Crippen molar-refractivity contribution in [3.05, 3.63) is 51.9 Å². The Kier molecular flexibility index (Phi) is 2.59. The van der Waals surface area contributed by atoms with Crippen molar-refractivity contribution in [3.63, 3.8) is 0 Å². The summed E-state index contributed by atoms with van der Waals surface area (Å²) in [6, 6.07) is 9.94. The summed E-state index contributed by atoms with van der Waals surface area (Å²) in [4.78, 5) is 13.4. The van der Waals surface area contributed by atoms with Gasteiger partial charge >= 0.3 is 0 Å². The van der Waals surface area contributed by atoms with E-state index in [1.165, 1.54) is 4.88 Å². The van der Waals surface area contributed by atoms with Gasteiger partial charge in [-0.25, -0.2) is 0 Å². The number of aryl methyl sites for hydroxylation is 1. The fourth-order valence-electron chi connectivity index (χ4n) is 2.18. The molecule has 0 spiro atoms. The first-order valence-electron chi connectivity index (χ1n) is 5.89. The fourth-order valence-corrected chi connectivity index (χ4v) is 3.27. The van der Waals surface area contributed by atoms with Crippen LogP contribution in [0.25, 0.3) is 0 Å². The van der Waals surface area contributed by atoms with E-state index in [2.05, 4.69) is 10.6 Å². The highest BCUT2D eigenvalue weighted by atomic mass is 32.1. The molecule has 2 aromatic rings. The van der Waals surface area contributed by atoms with Gasteiger partial charge in [-0.1, -0.05) is 30.3 Å². The minimum Gasteiger partial charge on any atom is -0.353 e. The lowest BCUT2D eigenvalue weighted by molar-refractivity contribution is 0.0936. The summed E-state index contributed by atoms with van der Waals surface area (Å²) in [5, 5.41) is 7.37. The summed E-state index contributed by atoms with van der Waals surface area (Å²) in [7, 11) is 0. The lowest BCUT2D eigenvalue weighted by atomic mass is 10.1. The highest BCUT2D eigenvalue weighted by Crippen LogP contribution is 2.37. The Morgan fingerprint density at radius 3 is 2.56 bits per heavy atom. The Labute approximate surface area is 110 Å². The number of hydrogen-bond acceptors (Lipinski definition) is 3. The molecule has 1 unspecified atom stereocenters. The second-order valence-corrected chi connectivity index (χ2v) is 5.67. The first-order valence-corrected chi connectivity index (χ1v) is 6.71. The van der Waals surface area contributed by atoms with Gasteiger partial charge in [0.15, 0.2) is 0 Å². The van der Waals surface area contributed by atoms with E-state index >= 15 is 0 Å². The molecule has 1 aromatic heterocycles. The number of benzene rings is 1. The average Bonchev–Trinajstić information content (AvgIpc) is 2.66. The van der Waals surface area contributed by atoms with Gasteiger partial charge in [0.25, 0.3) is 5.91 Å². The molecule has 0 radical (unpaired) electrons. The van der Waals surface area contributed by atoms with E-state index in [0.29, 0.717) is 0 Å². The van der Waals surface area contributed by atoms with Crippen LogP contribution < -0.4 is 10.6 Å². The number of anilines is 1. The molecule has 4 heteroatoms. The second-order valence-electron chi connectivity index (χ2n) is 4.45. The predicted octanol–water partition coefficient (Wildman–Crippen LogP) is 3.22. The maximum atomic E-state index is 12.2. The third-order valence-corrected chi connectivity index (χ3v) is 4.43. The smallest absolute Gasteiger partial charge is 0.256 e. The van der Waals surface area contributed by atoms with Crippen LogP contribution in [0, 0.1) is 13.8 Å². The molecule has 18 heavy (non-hydrogen) atoms. The molecule has 3 nitrogen and oxygen atoms in total. The number of carbonyl (C=O) groups is 1. The van der Waals surface area contributed by atoms with Gasteiger partial charge in [0.05, 0.1) is 5.56 Å². The molecule has 2 N–H and O–H groups in total. The van der Waals surface area contributed by atoms with E-state index < -0.39 is 0 Å². The van der Waals surface area contributed by atoms with E-state index in [0.717, 1.165) is 21.7 Å². The second kappa shape index (κ2) is 4.14. The predicted molar refractivity (Wildman–Crippen MR) is 74.1 cm³/mol. The number of carbonyl (C=O) groups excluding carboxylic acids is 1. The van der Waals surface area contributed by atoms with Crippen molar-refractivity contribution in [2.75, 3.05) is 5.32 Å². The van der Waals surface area contributed by atoms with Crippen molar-refractivity contribution in [1.29, 1.82) is 0 Å². The molecule has 1 atom stereocenters. The third-order valence-electron chi connectivity index (χ3n) is 3.30. The van der Waals surface area contributed by atoms with Crippen molar-refractivity contribution in [2.45, 2.75) is 20.0 Å². The van der Waals surface area contributed by atoms with Crippen molar-refractivity contribution in [3.8, 4) is 0 Å². The van der Waals surface area contributed by atoms with Crippen LogP contribution in [-0.2, 0) is 0 Å². The zero-order valence-electron chi connectivity index (χ0n) is 10.3. The van der Waals surface area contributed by atoms with Crippen LogP contribution in [0.2, 0.25) is 0 Å². The zero-order chi connectivity index (χ0) is 12.7. The summed E-state index contributed by atoms with van der Waals surface area (Å²) in [6.45, 7) is 4.04. The van der Waals surface area contributed by atoms with Gasteiger partial charge in [-0.05, 0) is 25.0 Å². The topological polar surface area (TPSA) is 41.1 Å². The maximum absolute atomic E-state index is 12.2. The highest BCUT2D eigenvalue weighted by Gasteiger charge is 2.28. The Hall–Kier alpha value is -1.81. The molecule has 1 amide bonds. The van der Waals surface area contributed by atoms with Crippen molar-refractivity contribution in [1.82, 2.24) is 5.32 Å². The standard InChI is InChI=1S/C14H14N2OS/c1-8-9(2)18-14-11(8)13(17)15-12(16-14)10-6-4-3-5-7-10/h3-7,12,16H,1-2H3,(H,15,17). The van der Waals surface area contributed by atoms with E-state index in [9.17, 15) is 4.79 Å². The summed E-state index contributed by atoms with van der Waals surface area (Å²) in [6.07, 6.45) is -0.136. The van der Waals surface area contributed by atoms with Gasteiger partial charge in [0.1, 0.15) is 11.2 Å². The molecule has 1 aromatic carbocycles. The van der Waals surface area contributed by atoms with Gasteiger partial charge in [0.2, 0.25) is 0 Å². The molecular weight excluding hydrogens is 244 g/mol. The quantitative estimate of drug-likeness (QED) is 0.824. The largest absolute Gasteiger partial charge is 0.353 e. The Balaban J connectivity index is 2.00. The fraction of sp³-hybridized carbons (Fsp3) is 0.214.